The second-order valence-corrected chi connectivity index (χ2v) is 6.94. The molecule has 0 fully saturated rings. The highest BCUT2D eigenvalue weighted by molar-refractivity contribution is 14.1. The third-order valence-electron chi connectivity index (χ3n) is 3.66. The topological polar surface area (TPSA) is 84.5 Å². The maximum Gasteiger partial charge on any atom is 0.338 e. The molecule has 0 heterocycles. The van der Waals surface area contributed by atoms with Crippen LogP contribution in [0, 0.1) is 3.57 Å². The number of unbranched alkanes of at least 4 members (excludes halogenated alkanes) is 1. The van der Waals surface area contributed by atoms with E-state index < -0.39 is 0 Å². The predicted octanol–water partition coefficient (Wildman–Crippen LogP) is 3.62. The van der Waals surface area contributed by atoms with Crippen molar-refractivity contribution in [2.24, 2.45) is 0 Å². The zero-order valence-electron chi connectivity index (χ0n) is 15.0. The van der Waals surface area contributed by atoms with E-state index in [2.05, 4.69) is 33.2 Å². The standard InChI is InChI=1S/C20H21IN2O4/c1-2-3-12-27-20(26)14-8-10-15(11-9-14)23-18(24)13-22-19(25)16-6-4-5-7-17(16)21/h4-11H,2-3,12-13H2,1H3,(H,22,25)(H,23,24). The fourth-order valence-corrected chi connectivity index (χ4v) is 2.82. The minimum absolute atomic E-state index is 0.148. The molecule has 0 aliphatic heterocycles. The van der Waals surface area contributed by atoms with E-state index in [1.54, 1.807) is 36.4 Å². The van der Waals surface area contributed by atoms with Crippen molar-refractivity contribution in [1.29, 1.82) is 0 Å². The molecule has 0 bridgehead atoms. The lowest BCUT2D eigenvalue weighted by Gasteiger charge is -2.09. The lowest BCUT2D eigenvalue weighted by atomic mass is 10.2. The van der Waals surface area contributed by atoms with E-state index in [-0.39, 0.29) is 24.3 Å². The van der Waals surface area contributed by atoms with E-state index >= 15 is 0 Å². The Hall–Kier alpha value is -2.42. The smallest absolute Gasteiger partial charge is 0.338 e. The summed E-state index contributed by atoms with van der Waals surface area (Å²) in [4.78, 5) is 35.9. The van der Waals surface area contributed by atoms with Crippen molar-refractivity contribution in [3.8, 4) is 0 Å². The molecule has 2 aromatic rings. The van der Waals surface area contributed by atoms with Crippen LogP contribution in [-0.4, -0.2) is 30.9 Å². The highest BCUT2D eigenvalue weighted by Gasteiger charge is 2.11. The second kappa shape index (κ2) is 10.7. The number of amides is 2. The van der Waals surface area contributed by atoms with Gasteiger partial charge in [-0.15, -0.1) is 0 Å². The van der Waals surface area contributed by atoms with E-state index in [0.29, 0.717) is 23.4 Å². The monoisotopic (exact) mass is 480 g/mol. The molecule has 0 unspecified atom stereocenters. The van der Waals surface area contributed by atoms with Gasteiger partial charge >= 0.3 is 5.97 Å². The molecule has 0 saturated heterocycles. The van der Waals surface area contributed by atoms with Gasteiger partial charge in [0.1, 0.15) is 0 Å². The van der Waals surface area contributed by atoms with Crippen LogP contribution in [0.4, 0.5) is 5.69 Å². The molecule has 7 heteroatoms. The average molecular weight is 480 g/mol. The molecule has 0 spiro atoms. The maximum absolute atomic E-state index is 12.1. The summed E-state index contributed by atoms with van der Waals surface area (Å²) in [5.41, 5.74) is 1.49. The van der Waals surface area contributed by atoms with Crippen LogP contribution >= 0.6 is 22.6 Å². The molecule has 0 radical (unpaired) electrons. The van der Waals surface area contributed by atoms with Crippen LogP contribution in [0.1, 0.15) is 40.5 Å². The van der Waals surface area contributed by atoms with Gasteiger partial charge in [0.25, 0.3) is 5.91 Å². The van der Waals surface area contributed by atoms with Gasteiger partial charge in [-0.25, -0.2) is 4.79 Å². The Morgan fingerprint density at radius 3 is 2.41 bits per heavy atom. The number of carbonyl (C=O) groups excluding carboxylic acids is 3. The number of benzene rings is 2. The van der Waals surface area contributed by atoms with E-state index in [0.717, 1.165) is 16.4 Å². The molecular weight excluding hydrogens is 459 g/mol. The highest BCUT2D eigenvalue weighted by atomic mass is 127. The Balaban J connectivity index is 1.82. The number of halogens is 1. The van der Waals surface area contributed by atoms with Crippen molar-refractivity contribution in [3.63, 3.8) is 0 Å². The minimum atomic E-state index is -0.383. The van der Waals surface area contributed by atoms with Crippen molar-refractivity contribution in [1.82, 2.24) is 5.32 Å². The second-order valence-electron chi connectivity index (χ2n) is 5.78. The Morgan fingerprint density at radius 2 is 1.74 bits per heavy atom. The summed E-state index contributed by atoms with van der Waals surface area (Å²) in [5.74, 6) is -1.04. The molecule has 0 atom stereocenters. The summed E-state index contributed by atoms with van der Waals surface area (Å²) in [6.45, 7) is 2.27. The highest BCUT2D eigenvalue weighted by Crippen LogP contribution is 2.12. The van der Waals surface area contributed by atoms with Gasteiger partial charge in [-0.1, -0.05) is 25.5 Å². The van der Waals surface area contributed by atoms with Gasteiger partial charge in [-0.2, -0.15) is 0 Å². The van der Waals surface area contributed by atoms with Crippen molar-refractivity contribution in [2.45, 2.75) is 19.8 Å². The van der Waals surface area contributed by atoms with E-state index in [1.165, 1.54) is 0 Å². The normalized spacial score (nSPS) is 10.1. The van der Waals surface area contributed by atoms with Crippen LogP contribution in [0.2, 0.25) is 0 Å². The van der Waals surface area contributed by atoms with Crippen LogP contribution in [0.25, 0.3) is 0 Å². The number of carbonyl (C=O) groups is 3. The molecular formula is C20H21IN2O4. The SMILES string of the molecule is CCCCOC(=O)c1ccc(NC(=O)CNC(=O)c2ccccc2I)cc1. The Kier molecular flexibility index (Phi) is 8.25. The summed E-state index contributed by atoms with van der Waals surface area (Å²) < 4.78 is 5.95. The molecule has 142 valence electrons. The molecule has 27 heavy (non-hydrogen) atoms. The Morgan fingerprint density at radius 1 is 1.04 bits per heavy atom. The molecule has 0 aromatic heterocycles. The molecule has 2 aromatic carbocycles. The van der Waals surface area contributed by atoms with Crippen LogP contribution in [0.5, 0.6) is 0 Å². The number of anilines is 1. The fraction of sp³-hybridized carbons (Fsp3) is 0.250. The predicted molar refractivity (Wildman–Crippen MR) is 112 cm³/mol. The van der Waals surface area contributed by atoms with Gasteiger partial charge in [-0.05, 0) is 65.4 Å². The van der Waals surface area contributed by atoms with Crippen molar-refractivity contribution >= 4 is 46.1 Å². The average Bonchev–Trinajstić information content (AvgIpc) is 2.67. The summed E-state index contributed by atoms with van der Waals surface area (Å²) in [6.07, 6.45) is 1.78. The maximum atomic E-state index is 12.1. The van der Waals surface area contributed by atoms with Crippen molar-refractivity contribution in [3.05, 3.63) is 63.2 Å². The molecule has 0 saturated carbocycles. The molecule has 2 amide bonds. The first-order valence-electron chi connectivity index (χ1n) is 8.61. The molecule has 6 nitrogen and oxygen atoms in total. The van der Waals surface area contributed by atoms with Crippen molar-refractivity contribution < 1.29 is 19.1 Å². The van der Waals surface area contributed by atoms with Gasteiger partial charge < -0.3 is 15.4 Å². The molecule has 0 aliphatic rings. The number of ether oxygens (including phenoxy) is 1. The van der Waals surface area contributed by atoms with E-state index in [4.69, 9.17) is 4.74 Å². The summed E-state index contributed by atoms with van der Waals surface area (Å²) >= 11 is 2.07. The third-order valence-corrected chi connectivity index (χ3v) is 4.60. The van der Waals surface area contributed by atoms with Gasteiger partial charge in [0.15, 0.2) is 0 Å². The van der Waals surface area contributed by atoms with E-state index in [1.807, 2.05) is 19.1 Å². The lowest BCUT2D eigenvalue weighted by Crippen LogP contribution is -2.33. The number of rotatable bonds is 8. The molecule has 2 N–H and O–H groups in total. The number of hydrogen-bond acceptors (Lipinski definition) is 4. The number of hydrogen-bond donors (Lipinski definition) is 2. The van der Waals surface area contributed by atoms with Crippen LogP contribution in [-0.2, 0) is 9.53 Å². The van der Waals surface area contributed by atoms with Gasteiger partial charge in [0.05, 0.1) is 24.3 Å². The van der Waals surface area contributed by atoms with Crippen LogP contribution < -0.4 is 10.6 Å². The van der Waals surface area contributed by atoms with Crippen molar-refractivity contribution in [2.75, 3.05) is 18.5 Å². The summed E-state index contributed by atoms with van der Waals surface area (Å²) in [7, 11) is 0. The van der Waals surface area contributed by atoms with Crippen LogP contribution in [0.15, 0.2) is 48.5 Å². The van der Waals surface area contributed by atoms with Gasteiger partial charge in [0, 0.05) is 9.26 Å². The third kappa shape index (κ3) is 6.67. The van der Waals surface area contributed by atoms with Gasteiger partial charge in [-0.3, -0.25) is 9.59 Å². The molecule has 0 aliphatic carbocycles. The van der Waals surface area contributed by atoms with E-state index in [9.17, 15) is 14.4 Å². The Labute approximate surface area is 171 Å². The fourth-order valence-electron chi connectivity index (χ4n) is 2.19. The summed E-state index contributed by atoms with van der Waals surface area (Å²) in [5, 5.41) is 5.26. The first-order valence-corrected chi connectivity index (χ1v) is 9.69. The first kappa shape index (κ1) is 20.9. The van der Waals surface area contributed by atoms with Crippen LogP contribution in [0.3, 0.4) is 0 Å². The number of nitrogens with one attached hydrogen (secondary N) is 2. The largest absolute Gasteiger partial charge is 0.462 e. The lowest BCUT2D eigenvalue weighted by molar-refractivity contribution is -0.115. The molecule has 2 rings (SSSR count). The quantitative estimate of drug-likeness (QED) is 0.344. The first-order chi connectivity index (χ1) is 13.0. The summed E-state index contributed by atoms with van der Waals surface area (Å²) in [6, 6.07) is 13.6. The number of esters is 1. The Bertz CT molecular complexity index is 806. The zero-order valence-corrected chi connectivity index (χ0v) is 17.1. The van der Waals surface area contributed by atoms with Gasteiger partial charge in [0.2, 0.25) is 5.91 Å². The minimum Gasteiger partial charge on any atom is -0.462 e. The zero-order chi connectivity index (χ0) is 19.6.